The van der Waals surface area contributed by atoms with Crippen LogP contribution in [0, 0.1) is 0 Å². The lowest BCUT2D eigenvalue weighted by molar-refractivity contribution is -0.288. The third-order valence-electron chi connectivity index (χ3n) is 7.52. The van der Waals surface area contributed by atoms with Crippen molar-refractivity contribution < 1.29 is 23.4 Å². The van der Waals surface area contributed by atoms with E-state index in [2.05, 4.69) is 82.3 Å². The normalized spacial score (nSPS) is 28.7. The van der Waals surface area contributed by atoms with Crippen molar-refractivity contribution in [3.8, 4) is 0 Å². The van der Waals surface area contributed by atoms with E-state index < -0.39 is 35.1 Å². The minimum absolute atomic E-state index is 0.0290. The third kappa shape index (κ3) is 6.43. The molecular formula is C24H52O5Si2. The van der Waals surface area contributed by atoms with Crippen molar-refractivity contribution in [1.82, 2.24) is 0 Å². The maximum absolute atomic E-state index is 11.4. The number of aliphatic hydroxyl groups is 1. The average Bonchev–Trinajstić information content (AvgIpc) is 2.60. The SMILES string of the molecule is CCCOC1O[C@@H](C)[C@H](O[Si](C(C)C)(C(C)C)C(C)C)[C@@H](O[Si](C)(C)C(C)(C)C)[C@H]1O. The van der Waals surface area contributed by atoms with Crippen LogP contribution in [0.1, 0.15) is 82.6 Å². The summed E-state index contributed by atoms with van der Waals surface area (Å²) in [5.74, 6) is 0. The molecule has 186 valence electrons. The molecule has 0 aromatic heterocycles. The van der Waals surface area contributed by atoms with E-state index in [1.165, 1.54) is 0 Å². The molecular weight excluding hydrogens is 424 g/mol. The quantitative estimate of drug-likeness (QED) is 0.366. The van der Waals surface area contributed by atoms with Crippen molar-refractivity contribution in [1.29, 1.82) is 0 Å². The van der Waals surface area contributed by atoms with E-state index in [0.29, 0.717) is 23.2 Å². The summed E-state index contributed by atoms with van der Waals surface area (Å²) in [5.41, 5.74) is 1.33. The van der Waals surface area contributed by atoms with Crippen molar-refractivity contribution in [3.05, 3.63) is 0 Å². The number of hydrogen-bond donors (Lipinski definition) is 1. The van der Waals surface area contributed by atoms with Crippen molar-refractivity contribution in [2.24, 2.45) is 0 Å². The van der Waals surface area contributed by atoms with Gasteiger partial charge >= 0.3 is 0 Å². The predicted molar refractivity (Wildman–Crippen MR) is 135 cm³/mol. The van der Waals surface area contributed by atoms with Gasteiger partial charge in [-0.3, -0.25) is 0 Å². The van der Waals surface area contributed by atoms with E-state index in [1.807, 2.05) is 6.92 Å². The molecule has 1 aliphatic rings. The Labute approximate surface area is 194 Å². The lowest BCUT2D eigenvalue weighted by Crippen LogP contribution is -2.65. The van der Waals surface area contributed by atoms with Gasteiger partial charge in [-0.2, -0.15) is 0 Å². The van der Waals surface area contributed by atoms with Crippen LogP contribution in [0.2, 0.25) is 34.8 Å². The first kappa shape index (κ1) is 29.3. The Kier molecular flexibility index (Phi) is 10.5. The molecule has 1 N–H and O–H groups in total. The summed E-state index contributed by atoms with van der Waals surface area (Å²) in [6, 6.07) is 0. The van der Waals surface area contributed by atoms with Crippen LogP contribution in [-0.2, 0) is 18.3 Å². The molecule has 0 saturated carbocycles. The highest BCUT2D eigenvalue weighted by molar-refractivity contribution is 6.77. The van der Waals surface area contributed by atoms with Gasteiger partial charge in [0.05, 0.1) is 12.2 Å². The highest BCUT2D eigenvalue weighted by Crippen LogP contribution is 2.46. The van der Waals surface area contributed by atoms with Crippen LogP contribution in [0.25, 0.3) is 0 Å². The Morgan fingerprint density at radius 2 is 1.39 bits per heavy atom. The number of ether oxygens (including phenoxy) is 2. The van der Waals surface area contributed by atoms with Gasteiger partial charge in [0.1, 0.15) is 12.2 Å². The Morgan fingerprint density at radius 1 is 0.903 bits per heavy atom. The Morgan fingerprint density at radius 3 is 1.77 bits per heavy atom. The number of rotatable bonds is 10. The molecule has 0 amide bonds. The molecule has 1 unspecified atom stereocenters. The molecule has 5 nitrogen and oxygen atoms in total. The smallest absolute Gasteiger partial charge is 0.201 e. The third-order valence-corrected chi connectivity index (χ3v) is 18.1. The second kappa shape index (κ2) is 11.1. The molecule has 0 aromatic rings. The molecule has 0 radical (unpaired) electrons. The summed E-state index contributed by atoms with van der Waals surface area (Å²) in [6.07, 6.45) is -1.68. The zero-order chi connectivity index (χ0) is 24.4. The van der Waals surface area contributed by atoms with Crippen LogP contribution in [0.15, 0.2) is 0 Å². The van der Waals surface area contributed by atoms with Gasteiger partial charge in [0.25, 0.3) is 0 Å². The van der Waals surface area contributed by atoms with Gasteiger partial charge in [-0.1, -0.05) is 69.2 Å². The zero-order valence-electron chi connectivity index (χ0n) is 22.6. The van der Waals surface area contributed by atoms with E-state index in [1.54, 1.807) is 0 Å². The molecule has 1 rings (SSSR count). The minimum atomic E-state index is -2.19. The van der Waals surface area contributed by atoms with Gasteiger partial charge in [0.15, 0.2) is 14.6 Å². The van der Waals surface area contributed by atoms with Crippen LogP contribution >= 0.6 is 0 Å². The summed E-state index contributed by atoms with van der Waals surface area (Å²) >= 11 is 0. The van der Waals surface area contributed by atoms with Gasteiger partial charge in [0, 0.05) is 6.61 Å². The highest BCUT2D eigenvalue weighted by atomic mass is 28.4. The molecule has 31 heavy (non-hydrogen) atoms. The lowest BCUT2D eigenvalue weighted by Gasteiger charge is -2.52. The molecule has 0 aliphatic carbocycles. The summed E-state index contributed by atoms with van der Waals surface area (Å²) in [7, 11) is -4.35. The molecule has 0 spiro atoms. The van der Waals surface area contributed by atoms with Crippen molar-refractivity contribution in [3.63, 3.8) is 0 Å². The second-order valence-corrected chi connectivity index (χ2v) is 22.0. The molecule has 1 aliphatic heterocycles. The van der Waals surface area contributed by atoms with Crippen molar-refractivity contribution in [2.75, 3.05) is 6.61 Å². The predicted octanol–water partition coefficient (Wildman–Crippen LogP) is 6.47. The first-order valence-electron chi connectivity index (χ1n) is 12.3. The fourth-order valence-corrected chi connectivity index (χ4v) is 11.7. The Hall–Kier alpha value is 0.234. The number of hydrogen-bond acceptors (Lipinski definition) is 5. The molecule has 7 heteroatoms. The first-order chi connectivity index (χ1) is 14.0. The van der Waals surface area contributed by atoms with Gasteiger partial charge in [-0.25, -0.2) is 0 Å². The second-order valence-electron chi connectivity index (χ2n) is 11.8. The lowest BCUT2D eigenvalue weighted by atomic mass is 10.00. The molecule has 1 heterocycles. The van der Waals surface area contributed by atoms with E-state index >= 15 is 0 Å². The van der Waals surface area contributed by atoms with Crippen LogP contribution in [0.5, 0.6) is 0 Å². The topological polar surface area (TPSA) is 57.2 Å². The fourth-order valence-electron chi connectivity index (χ4n) is 4.82. The maximum atomic E-state index is 11.4. The van der Waals surface area contributed by atoms with Crippen molar-refractivity contribution in [2.45, 2.75) is 148 Å². The van der Waals surface area contributed by atoms with Crippen molar-refractivity contribution >= 4 is 16.6 Å². The summed E-state index contributed by atoms with van der Waals surface area (Å²) < 4.78 is 26.1. The maximum Gasteiger partial charge on any atom is 0.201 e. The fraction of sp³-hybridized carbons (Fsp3) is 1.00. The summed E-state index contributed by atoms with van der Waals surface area (Å²) in [4.78, 5) is 0. The van der Waals surface area contributed by atoms with Crippen LogP contribution in [-0.4, -0.2) is 59.1 Å². The summed E-state index contributed by atoms with van der Waals surface area (Å²) in [6.45, 7) is 29.5. The van der Waals surface area contributed by atoms with Gasteiger partial charge in [-0.05, 0) is 48.1 Å². The van der Waals surface area contributed by atoms with E-state index in [0.717, 1.165) is 6.42 Å². The van der Waals surface area contributed by atoms with Gasteiger partial charge in [-0.15, -0.1) is 0 Å². The van der Waals surface area contributed by atoms with E-state index in [4.69, 9.17) is 18.3 Å². The van der Waals surface area contributed by atoms with E-state index in [9.17, 15) is 5.11 Å². The standard InChI is InChI=1S/C24H52O5Si2/c1-14-15-26-23-20(25)22(28-30(12,13)24(9,10)11)21(19(8)27-23)29-31(16(2)3,17(4)5)18(6)7/h16-23,25H,14-15H2,1-13H3/t19-,20+,21-,22-,23?/m0/s1. The first-order valence-corrected chi connectivity index (χ1v) is 17.4. The molecule has 1 fully saturated rings. The van der Waals surface area contributed by atoms with Crippen LogP contribution in [0.3, 0.4) is 0 Å². The molecule has 0 aromatic carbocycles. The monoisotopic (exact) mass is 476 g/mol. The largest absolute Gasteiger partial charge is 0.408 e. The molecule has 5 atom stereocenters. The highest BCUT2D eigenvalue weighted by Gasteiger charge is 2.54. The van der Waals surface area contributed by atoms with E-state index in [-0.39, 0.29) is 17.2 Å². The molecule has 0 bridgehead atoms. The Bertz CT molecular complexity index is 523. The van der Waals surface area contributed by atoms with Crippen LogP contribution < -0.4 is 0 Å². The van der Waals surface area contributed by atoms with Gasteiger partial charge < -0.3 is 23.4 Å². The minimum Gasteiger partial charge on any atom is -0.408 e. The van der Waals surface area contributed by atoms with Crippen LogP contribution in [0.4, 0.5) is 0 Å². The average molecular weight is 477 g/mol. The summed E-state index contributed by atoms with van der Waals surface area (Å²) in [5, 5.41) is 11.4. The number of aliphatic hydroxyl groups excluding tert-OH is 1. The zero-order valence-corrected chi connectivity index (χ0v) is 24.6. The molecule has 1 saturated heterocycles. The Balaban J connectivity index is 3.41. The van der Waals surface area contributed by atoms with Gasteiger partial charge in [0.2, 0.25) is 8.32 Å².